The first-order valence-corrected chi connectivity index (χ1v) is 9.77. The van der Waals surface area contributed by atoms with Crippen molar-refractivity contribution in [2.75, 3.05) is 7.11 Å². The van der Waals surface area contributed by atoms with Gasteiger partial charge >= 0.3 is 5.97 Å². The van der Waals surface area contributed by atoms with Crippen molar-refractivity contribution >= 4 is 29.1 Å². The molecule has 2 aromatic rings. The molecule has 1 N–H and O–H groups in total. The van der Waals surface area contributed by atoms with E-state index >= 15 is 0 Å². The number of methoxy groups -OCH3 is 1. The number of aromatic nitrogens is 1. The van der Waals surface area contributed by atoms with Gasteiger partial charge in [-0.1, -0.05) is 12.1 Å². The number of carbonyl (C=O) groups is 1. The molecule has 132 valence electrons. The smallest absolute Gasteiger partial charge is 0.336 e. The average Bonchev–Trinajstić information content (AvgIpc) is 3.20. The number of thioether (sulfide) groups is 1. The SMILES string of the molecule is COC(=O)C1=C(C)NC(SCc2cccnc2)=C(C#N)[C@@H]1c1cccs1. The molecule has 0 saturated heterocycles. The Bertz CT molecular complexity index is 897. The second-order valence-electron chi connectivity index (χ2n) is 5.61. The van der Waals surface area contributed by atoms with Gasteiger partial charge in [-0.15, -0.1) is 23.1 Å². The topological polar surface area (TPSA) is 75.0 Å². The summed E-state index contributed by atoms with van der Waals surface area (Å²) in [4.78, 5) is 17.4. The molecule has 1 aliphatic heterocycles. The minimum Gasteiger partial charge on any atom is -0.466 e. The molecule has 0 fully saturated rings. The number of allylic oxidation sites excluding steroid dienone is 2. The lowest BCUT2D eigenvalue weighted by molar-refractivity contribution is -0.136. The van der Waals surface area contributed by atoms with E-state index in [4.69, 9.17) is 4.74 Å². The van der Waals surface area contributed by atoms with E-state index in [1.807, 2.05) is 42.8 Å². The minimum atomic E-state index is -0.419. The maximum absolute atomic E-state index is 12.4. The summed E-state index contributed by atoms with van der Waals surface area (Å²) in [5.74, 6) is -0.151. The number of ether oxygens (including phenoxy) is 1. The molecule has 0 aliphatic carbocycles. The van der Waals surface area contributed by atoms with Crippen LogP contribution in [-0.2, 0) is 15.3 Å². The zero-order chi connectivity index (χ0) is 18.5. The second-order valence-corrected chi connectivity index (χ2v) is 7.57. The van der Waals surface area contributed by atoms with E-state index in [9.17, 15) is 10.1 Å². The van der Waals surface area contributed by atoms with Crippen LogP contribution in [0.4, 0.5) is 0 Å². The third kappa shape index (κ3) is 3.66. The van der Waals surface area contributed by atoms with Crippen molar-refractivity contribution in [2.24, 2.45) is 0 Å². The van der Waals surface area contributed by atoms with Crippen LogP contribution in [0.1, 0.15) is 23.3 Å². The molecule has 1 atom stereocenters. The second kappa shape index (κ2) is 8.21. The highest BCUT2D eigenvalue weighted by Gasteiger charge is 2.35. The molecule has 0 amide bonds. The standard InChI is InChI=1S/C19H17N3O2S2/c1-12-16(19(23)24-2)17(15-6-4-8-25-15)14(9-20)18(22-12)26-11-13-5-3-7-21-10-13/h3-8,10,17,22H,11H2,1-2H3/t17-/m1/s1. The lowest BCUT2D eigenvalue weighted by Crippen LogP contribution is -2.28. The first kappa shape index (κ1) is 18.2. The molecule has 1 aliphatic rings. The molecule has 0 aromatic carbocycles. The van der Waals surface area contributed by atoms with Crippen LogP contribution >= 0.6 is 23.1 Å². The Hall–Kier alpha value is -2.56. The molecule has 5 nitrogen and oxygen atoms in total. The molecule has 0 unspecified atom stereocenters. The normalized spacial score (nSPS) is 16.9. The molecule has 0 saturated carbocycles. The zero-order valence-corrected chi connectivity index (χ0v) is 16.0. The van der Waals surface area contributed by atoms with E-state index in [2.05, 4.69) is 16.4 Å². The van der Waals surface area contributed by atoms with Gasteiger partial charge in [0, 0.05) is 28.7 Å². The quantitative estimate of drug-likeness (QED) is 0.788. The summed E-state index contributed by atoms with van der Waals surface area (Å²) >= 11 is 3.06. The van der Waals surface area contributed by atoms with Gasteiger partial charge in [-0.05, 0) is 30.0 Å². The minimum absolute atomic E-state index is 0.412. The van der Waals surface area contributed by atoms with E-state index in [0.717, 1.165) is 15.5 Å². The van der Waals surface area contributed by atoms with Crippen molar-refractivity contribution in [1.29, 1.82) is 5.26 Å². The Morgan fingerprint density at radius 1 is 1.46 bits per heavy atom. The molecule has 0 spiro atoms. The van der Waals surface area contributed by atoms with Crippen LogP contribution in [0.15, 0.2) is 63.9 Å². The van der Waals surface area contributed by atoms with E-state index in [1.165, 1.54) is 30.2 Å². The number of rotatable bonds is 5. The van der Waals surface area contributed by atoms with Crippen molar-refractivity contribution in [3.8, 4) is 6.07 Å². The number of hydrogen-bond donors (Lipinski definition) is 1. The lowest BCUT2D eigenvalue weighted by atomic mass is 9.87. The molecule has 2 aromatic heterocycles. The predicted octanol–water partition coefficient (Wildman–Crippen LogP) is 3.95. The van der Waals surface area contributed by atoms with Gasteiger partial charge in [0.15, 0.2) is 0 Å². The van der Waals surface area contributed by atoms with Gasteiger partial charge in [0.1, 0.15) is 0 Å². The number of nitriles is 1. The summed E-state index contributed by atoms with van der Waals surface area (Å²) < 4.78 is 4.97. The predicted molar refractivity (Wildman–Crippen MR) is 103 cm³/mol. The average molecular weight is 383 g/mol. The highest BCUT2D eigenvalue weighted by Crippen LogP contribution is 2.42. The number of esters is 1. The molecular formula is C19H17N3O2S2. The number of nitrogens with zero attached hydrogens (tertiary/aromatic N) is 2. The summed E-state index contributed by atoms with van der Waals surface area (Å²) in [5.41, 5.74) is 2.80. The van der Waals surface area contributed by atoms with Crippen molar-refractivity contribution in [2.45, 2.75) is 18.6 Å². The first-order chi connectivity index (χ1) is 12.7. The Balaban J connectivity index is 1.99. The number of thiophene rings is 1. The number of nitrogens with one attached hydrogen (secondary N) is 1. The van der Waals surface area contributed by atoms with Crippen LogP contribution in [0.3, 0.4) is 0 Å². The zero-order valence-electron chi connectivity index (χ0n) is 14.4. The van der Waals surface area contributed by atoms with Gasteiger partial charge in [-0.2, -0.15) is 5.26 Å². The molecule has 7 heteroatoms. The van der Waals surface area contributed by atoms with Gasteiger partial charge in [-0.3, -0.25) is 4.98 Å². The fraction of sp³-hybridized carbons (Fsp3) is 0.211. The van der Waals surface area contributed by atoms with Crippen LogP contribution in [0.5, 0.6) is 0 Å². The van der Waals surface area contributed by atoms with E-state index in [1.54, 1.807) is 6.20 Å². The number of dihydropyridines is 1. The highest BCUT2D eigenvalue weighted by atomic mass is 32.2. The van der Waals surface area contributed by atoms with Gasteiger partial charge in [0.2, 0.25) is 0 Å². The van der Waals surface area contributed by atoms with Crippen LogP contribution in [0, 0.1) is 11.3 Å². The lowest BCUT2D eigenvalue weighted by Gasteiger charge is -2.28. The molecule has 0 bridgehead atoms. The van der Waals surface area contributed by atoms with Crippen molar-refractivity contribution < 1.29 is 9.53 Å². The third-order valence-electron chi connectivity index (χ3n) is 3.99. The molecule has 3 rings (SSSR count). The molecule has 0 radical (unpaired) electrons. The van der Waals surface area contributed by atoms with Crippen LogP contribution < -0.4 is 5.32 Å². The molecular weight excluding hydrogens is 366 g/mol. The van der Waals surface area contributed by atoms with Gasteiger partial charge in [0.05, 0.1) is 35.3 Å². The Morgan fingerprint density at radius 3 is 2.92 bits per heavy atom. The highest BCUT2D eigenvalue weighted by molar-refractivity contribution is 8.02. The molecule has 3 heterocycles. The number of hydrogen-bond acceptors (Lipinski definition) is 7. The molecule has 26 heavy (non-hydrogen) atoms. The maximum atomic E-state index is 12.4. The Labute approximate surface area is 160 Å². The third-order valence-corrected chi connectivity index (χ3v) is 6.01. The van der Waals surface area contributed by atoms with Crippen molar-refractivity contribution in [1.82, 2.24) is 10.3 Å². The van der Waals surface area contributed by atoms with Gasteiger partial charge in [-0.25, -0.2) is 4.79 Å². The van der Waals surface area contributed by atoms with E-state index < -0.39 is 11.9 Å². The van der Waals surface area contributed by atoms with E-state index in [-0.39, 0.29) is 0 Å². The maximum Gasteiger partial charge on any atom is 0.336 e. The van der Waals surface area contributed by atoms with Gasteiger partial charge in [0.25, 0.3) is 0 Å². The van der Waals surface area contributed by atoms with E-state index in [0.29, 0.717) is 22.6 Å². The summed E-state index contributed by atoms with van der Waals surface area (Å²) in [6, 6.07) is 10.0. The van der Waals surface area contributed by atoms with Crippen LogP contribution in [0.25, 0.3) is 0 Å². The fourth-order valence-electron chi connectivity index (χ4n) is 2.79. The largest absolute Gasteiger partial charge is 0.466 e. The summed E-state index contributed by atoms with van der Waals surface area (Å²) in [7, 11) is 1.36. The van der Waals surface area contributed by atoms with Crippen molar-refractivity contribution in [3.63, 3.8) is 0 Å². The van der Waals surface area contributed by atoms with Crippen molar-refractivity contribution in [3.05, 3.63) is 74.4 Å². The first-order valence-electron chi connectivity index (χ1n) is 7.91. The fourth-order valence-corrected chi connectivity index (χ4v) is 4.66. The van der Waals surface area contributed by atoms with Gasteiger partial charge < -0.3 is 10.1 Å². The van der Waals surface area contributed by atoms with Crippen LogP contribution in [-0.4, -0.2) is 18.1 Å². The summed E-state index contributed by atoms with van der Waals surface area (Å²) in [6.07, 6.45) is 3.54. The monoisotopic (exact) mass is 383 g/mol. The summed E-state index contributed by atoms with van der Waals surface area (Å²) in [6.45, 7) is 1.84. The van der Waals surface area contributed by atoms with Crippen LogP contribution in [0.2, 0.25) is 0 Å². The Kier molecular flexibility index (Phi) is 5.76. The summed E-state index contributed by atoms with van der Waals surface area (Å²) in [5, 5.41) is 15.8. The Morgan fingerprint density at radius 2 is 2.31 bits per heavy atom. The number of carbonyl (C=O) groups excluding carboxylic acids is 1. The number of pyridine rings is 1.